The van der Waals surface area contributed by atoms with E-state index >= 15 is 0 Å². The van der Waals surface area contributed by atoms with Crippen LogP contribution in [0.15, 0.2) is 182 Å². The molecule has 0 saturated carbocycles. The van der Waals surface area contributed by atoms with Gasteiger partial charge in [0.25, 0.3) is 0 Å². The summed E-state index contributed by atoms with van der Waals surface area (Å²) in [5, 5.41) is 10.6. The van der Waals surface area contributed by atoms with Crippen molar-refractivity contribution in [1.82, 2.24) is 4.57 Å². The highest BCUT2D eigenvalue weighted by Crippen LogP contribution is 2.42. The van der Waals surface area contributed by atoms with Gasteiger partial charge < -0.3 is 4.57 Å². The fraction of sp³-hybridized carbons (Fsp3) is 0.0233. The van der Waals surface area contributed by atoms with Crippen LogP contribution in [0.25, 0.3) is 27.4 Å². The van der Waals surface area contributed by atoms with Crippen molar-refractivity contribution >= 4 is 69.5 Å². The van der Waals surface area contributed by atoms with Crippen molar-refractivity contribution in [2.75, 3.05) is 0 Å². The van der Waals surface area contributed by atoms with Gasteiger partial charge in [-0.15, -0.1) is 0 Å². The third-order valence-electron chi connectivity index (χ3n) is 8.64. The van der Waals surface area contributed by atoms with Gasteiger partial charge >= 0.3 is 0 Å². The molecule has 8 aromatic rings. The number of nitrogens with zero attached hydrogens (tertiary/aromatic N) is 1. The first-order chi connectivity index (χ1) is 22.8. The molecule has 7 aromatic carbocycles. The average molecular weight is 626 g/mol. The first-order valence-electron chi connectivity index (χ1n) is 15.7. The van der Waals surface area contributed by atoms with E-state index in [0.29, 0.717) is 0 Å². The van der Waals surface area contributed by atoms with E-state index in [1.54, 1.807) is 0 Å². The van der Waals surface area contributed by atoms with Gasteiger partial charge in [0, 0.05) is 24.0 Å². The predicted molar refractivity (Wildman–Crippen MR) is 203 cm³/mol. The molecule has 0 N–H and O–H groups in total. The van der Waals surface area contributed by atoms with Crippen LogP contribution < -0.4 is 32.0 Å². The summed E-state index contributed by atoms with van der Waals surface area (Å²) in [5.74, 6) is 0. The van der Waals surface area contributed by atoms with Gasteiger partial charge in [0.05, 0.1) is 16.6 Å². The summed E-state index contributed by atoms with van der Waals surface area (Å²) in [7, 11) is -1.74. The van der Waals surface area contributed by atoms with Crippen molar-refractivity contribution in [1.29, 1.82) is 0 Å². The molecule has 0 atom stereocenters. The molecular formula is C43H33NP2. The molecule has 1 aromatic heterocycles. The summed E-state index contributed by atoms with van der Waals surface area (Å²) in [6, 6.07) is 67.2. The molecule has 0 saturated heterocycles. The van der Waals surface area contributed by atoms with Crippen LogP contribution in [0.1, 0.15) is 5.56 Å². The number of aryl methyl sites for hydroxylation is 1. The third kappa shape index (κ3) is 5.17. The van der Waals surface area contributed by atoms with E-state index in [1.807, 2.05) is 0 Å². The van der Waals surface area contributed by atoms with Crippen LogP contribution in [0.5, 0.6) is 0 Å². The monoisotopic (exact) mass is 625 g/mol. The lowest BCUT2D eigenvalue weighted by molar-refractivity contribution is 1.18. The van der Waals surface area contributed by atoms with Gasteiger partial charge in [0.2, 0.25) is 0 Å². The Morgan fingerprint density at radius 3 is 1.46 bits per heavy atom. The maximum atomic E-state index is 2.65. The van der Waals surface area contributed by atoms with E-state index in [0.717, 1.165) is 0 Å². The van der Waals surface area contributed by atoms with E-state index in [9.17, 15) is 0 Å². The molecule has 0 fully saturated rings. The summed E-state index contributed by atoms with van der Waals surface area (Å²) in [6.07, 6.45) is 0. The Labute approximate surface area is 273 Å². The number of benzene rings is 7. The normalized spacial score (nSPS) is 11.5. The standard InChI is InChI=1S/C43H33NP2/c1-32-17-16-19-34-31-41(46(37-24-10-4-11-25-37)38-26-12-5-13-27-38)44(42(32)34)43-39-28-15-14-18-33(39)29-30-40(43)45(35-20-6-2-7-21-35)36-22-8-3-9-23-36/h2-31H,1H3. The molecule has 0 radical (unpaired) electrons. The highest BCUT2D eigenvalue weighted by atomic mass is 31.1. The summed E-state index contributed by atoms with van der Waals surface area (Å²) in [5.41, 5.74) is 5.19. The maximum Gasteiger partial charge on any atom is 0.0624 e. The molecule has 0 aliphatic carbocycles. The predicted octanol–water partition coefficient (Wildman–Crippen LogP) is 8.61. The van der Waals surface area contributed by atoms with Crippen LogP contribution in [0.4, 0.5) is 0 Å². The second-order valence-electron chi connectivity index (χ2n) is 11.5. The quantitative estimate of drug-likeness (QED) is 0.156. The van der Waals surface area contributed by atoms with Crippen LogP contribution in [-0.4, -0.2) is 4.57 Å². The Hall–Kier alpha value is -4.80. The lowest BCUT2D eigenvalue weighted by Gasteiger charge is -2.28. The molecule has 8 rings (SSSR count). The SMILES string of the molecule is Cc1cccc2cc(P(c3ccccc3)c3ccccc3)n(-c3c(P(c4ccccc4)c4ccccc4)ccc4ccccc34)c12. The smallest absolute Gasteiger partial charge is 0.0624 e. The highest BCUT2D eigenvalue weighted by Gasteiger charge is 2.28. The Morgan fingerprint density at radius 2 is 0.891 bits per heavy atom. The van der Waals surface area contributed by atoms with Gasteiger partial charge in [0.1, 0.15) is 0 Å². The van der Waals surface area contributed by atoms with Crippen molar-refractivity contribution in [3.8, 4) is 5.69 Å². The Balaban J connectivity index is 1.53. The molecule has 0 spiro atoms. The lowest BCUT2D eigenvalue weighted by atomic mass is 10.1. The van der Waals surface area contributed by atoms with Gasteiger partial charge in [-0.2, -0.15) is 0 Å². The zero-order chi connectivity index (χ0) is 30.9. The number of rotatable bonds is 7. The van der Waals surface area contributed by atoms with Gasteiger partial charge in [0.15, 0.2) is 0 Å². The minimum atomic E-state index is -0.875. The summed E-state index contributed by atoms with van der Waals surface area (Å²) in [4.78, 5) is 0. The maximum absolute atomic E-state index is 2.65. The average Bonchev–Trinajstić information content (AvgIpc) is 3.50. The molecule has 0 bridgehead atoms. The summed E-state index contributed by atoms with van der Waals surface area (Å²) in [6.45, 7) is 2.26. The Morgan fingerprint density at radius 1 is 0.413 bits per heavy atom. The molecular weight excluding hydrogens is 592 g/mol. The van der Waals surface area contributed by atoms with Gasteiger partial charge in [-0.3, -0.25) is 0 Å². The first-order valence-corrected chi connectivity index (χ1v) is 18.4. The van der Waals surface area contributed by atoms with Gasteiger partial charge in [-0.25, -0.2) is 0 Å². The van der Waals surface area contributed by atoms with Crippen molar-refractivity contribution < 1.29 is 0 Å². The van der Waals surface area contributed by atoms with Crippen LogP contribution in [0.3, 0.4) is 0 Å². The molecule has 220 valence electrons. The number of hydrogen-bond donors (Lipinski definition) is 0. The van der Waals surface area contributed by atoms with Gasteiger partial charge in [-0.1, -0.05) is 176 Å². The Kier molecular flexibility index (Phi) is 7.81. The first kappa shape index (κ1) is 28.7. The molecule has 1 heterocycles. The number of fused-ring (bicyclic) bond motifs is 2. The highest BCUT2D eigenvalue weighted by molar-refractivity contribution is 7.80. The zero-order valence-corrected chi connectivity index (χ0v) is 27.5. The van der Waals surface area contributed by atoms with Crippen LogP contribution in [-0.2, 0) is 0 Å². The van der Waals surface area contributed by atoms with Crippen molar-refractivity contribution in [2.24, 2.45) is 0 Å². The molecule has 0 aliphatic heterocycles. The molecule has 0 aliphatic rings. The zero-order valence-electron chi connectivity index (χ0n) is 25.7. The lowest BCUT2D eigenvalue weighted by Crippen LogP contribution is -2.30. The fourth-order valence-corrected chi connectivity index (χ4v) is 11.5. The largest absolute Gasteiger partial charge is 0.307 e. The molecule has 0 unspecified atom stereocenters. The van der Waals surface area contributed by atoms with Crippen molar-refractivity contribution in [3.63, 3.8) is 0 Å². The number of para-hydroxylation sites is 1. The fourth-order valence-electron chi connectivity index (χ4n) is 6.62. The summed E-state index contributed by atoms with van der Waals surface area (Å²) < 4.78 is 2.65. The summed E-state index contributed by atoms with van der Waals surface area (Å²) >= 11 is 0. The molecule has 1 nitrogen and oxygen atoms in total. The minimum Gasteiger partial charge on any atom is -0.307 e. The van der Waals surface area contributed by atoms with Crippen LogP contribution >= 0.6 is 15.8 Å². The topological polar surface area (TPSA) is 4.93 Å². The van der Waals surface area contributed by atoms with Crippen LogP contribution in [0, 0.1) is 6.92 Å². The van der Waals surface area contributed by atoms with Crippen molar-refractivity contribution in [3.05, 3.63) is 188 Å². The molecule has 3 heteroatoms. The molecule has 46 heavy (non-hydrogen) atoms. The molecule has 0 amide bonds. The minimum absolute atomic E-state index is 0.864. The number of aromatic nitrogens is 1. The Bertz CT molecular complexity index is 2180. The third-order valence-corrected chi connectivity index (χ3v) is 13.5. The van der Waals surface area contributed by atoms with E-state index in [-0.39, 0.29) is 0 Å². The second-order valence-corrected chi connectivity index (χ2v) is 15.9. The van der Waals surface area contributed by atoms with E-state index in [2.05, 4.69) is 193 Å². The van der Waals surface area contributed by atoms with E-state index < -0.39 is 15.8 Å². The van der Waals surface area contributed by atoms with E-state index in [4.69, 9.17) is 0 Å². The van der Waals surface area contributed by atoms with Gasteiger partial charge in [-0.05, 0) is 53.1 Å². The van der Waals surface area contributed by atoms with Crippen molar-refractivity contribution in [2.45, 2.75) is 6.92 Å². The van der Waals surface area contributed by atoms with Crippen LogP contribution in [0.2, 0.25) is 0 Å². The van der Waals surface area contributed by atoms with E-state index in [1.165, 1.54) is 64.9 Å². The second kappa shape index (κ2) is 12.5. The number of hydrogen-bond acceptors (Lipinski definition) is 0.